The predicted molar refractivity (Wildman–Crippen MR) is 214 cm³/mol. The first-order chi connectivity index (χ1) is 25.0. The van der Waals surface area contributed by atoms with E-state index in [2.05, 4.69) is 33.6 Å². The Morgan fingerprint density at radius 3 is 1.43 bits per heavy atom. The van der Waals surface area contributed by atoms with Crippen LogP contribution in [0, 0.1) is 0 Å². The van der Waals surface area contributed by atoms with Crippen molar-refractivity contribution in [3.8, 4) is 11.5 Å². The predicted octanol–water partition coefficient (Wildman–Crippen LogP) is 5.23. The number of aliphatic carboxylic acids is 2. The van der Waals surface area contributed by atoms with Gasteiger partial charge in [-0.1, -0.05) is 24.3 Å². The Bertz CT molecular complexity index is 1610. The van der Waals surface area contributed by atoms with Gasteiger partial charge in [0, 0.05) is 49.0 Å². The number of benzene rings is 2. The Labute approximate surface area is 335 Å². The fourth-order valence-corrected chi connectivity index (χ4v) is 7.28. The normalized spacial score (nSPS) is 18.5. The maximum atomic E-state index is 10.5. The van der Waals surface area contributed by atoms with Gasteiger partial charge in [0.05, 0.1) is 24.6 Å². The van der Waals surface area contributed by atoms with E-state index in [1.54, 1.807) is 0 Å². The quantitative estimate of drug-likeness (QED) is 0.129. The SMILES string of the molecule is CC(Cc1ccc(OCC(=O)O)cc1)N1CCOC(c2csc(N)n2)C1.CC(Cc1ccc(OCC(=O)O)cc1)N1CCOC(c2csc(N)n2)C1.Cl.Cl. The smallest absolute Gasteiger partial charge is 0.341 e. The summed E-state index contributed by atoms with van der Waals surface area (Å²) in [7, 11) is 0. The van der Waals surface area contributed by atoms with Gasteiger partial charge in [-0.15, -0.1) is 47.5 Å². The molecule has 296 valence electrons. The molecule has 6 rings (SSSR count). The Kier molecular flexibility index (Phi) is 18.2. The van der Waals surface area contributed by atoms with Gasteiger partial charge in [0.2, 0.25) is 0 Å². The van der Waals surface area contributed by atoms with Crippen molar-refractivity contribution >= 4 is 69.7 Å². The lowest BCUT2D eigenvalue weighted by molar-refractivity contribution is -0.140. The number of hydrogen-bond acceptors (Lipinski definition) is 14. The molecule has 4 aromatic rings. The van der Waals surface area contributed by atoms with Crippen LogP contribution in [0.4, 0.5) is 10.3 Å². The summed E-state index contributed by atoms with van der Waals surface area (Å²) in [6.07, 6.45) is 1.72. The van der Waals surface area contributed by atoms with Crippen LogP contribution in [0.15, 0.2) is 59.3 Å². The van der Waals surface area contributed by atoms with Crippen molar-refractivity contribution in [2.45, 2.75) is 51.0 Å². The number of halogens is 2. The first-order valence-electron chi connectivity index (χ1n) is 17.0. The number of nitrogens with zero attached hydrogens (tertiary/aromatic N) is 4. The maximum absolute atomic E-state index is 10.5. The van der Waals surface area contributed by atoms with E-state index in [1.165, 1.54) is 33.8 Å². The van der Waals surface area contributed by atoms with Crippen LogP contribution < -0.4 is 20.9 Å². The Hall–Kier alpha value is -3.74. The second kappa shape index (κ2) is 22.0. The molecule has 6 N–H and O–H groups in total. The number of carboxylic acids is 2. The number of carboxylic acid groups (broad SMARTS) is 2. The molecule has 2 fully saturated rings. The average Bonchev–Trinajstić information content (AvgIpc) is 3.79. The van der Waals surface area contributed by atoms with E-state index >= 15 is 0 Å². The molecule has 0 saturated carbocycles. The molecule has 2 aromatic carbocycles. The number of nitrogens with two attached hydrogens (primary N) is 2. The molecule has 0 aliphatic carbocycles. The van der Waals surface area contributed by atoms with Crippen LogP contribution in [-0.4, -0.2) is 107 Å². The minimum atomic E-state index is -0.980. The second-order valence-corrected chi connectivity index (χ2v) is 14.5. The Balaban J connectivity index is 0.000000280. The third kappa shape index (κ3) is 13.8. The summed E-state index contributed by atoms with van der Waals surface area (Å²) in [6.45, 7) is 8.46. The van der Waals surface area contributed by atoms with Crippen molar-refractivity contribution in [3.63, 3.8) is 0 Å². The first kappa shape index (κ1) is 44.7. The molecule has 0 radical (unpaired) electrons. The average molecular weight is 828 g/mol. The number of aromatic nitrogens is 2. The highest BCUT2D eigenvalue weighted by molar-refractivity contribution is 7.13. The second-order valence-electron chi connectivity index (χ2n) is 12.7. The fraction of sp³-hybridized carbons (Fsp3) is 0.444. The third-order valence-electron chi connectivity index (χ3n) is 8.82. The molecule has 2 aliphatic heterocycles. The topological polar surface area (TPSA) is 196 Å². The Morgan fingerprint density at radius 2 is 1.11 bits per heavy atom. The molecule has 4 heterocycles. The van der Waals surface area contributed by atoms with E-state index in [-0.39, 0.29) is 50.2 Å². The van der Waals surface area contributed by atoms with Gasteiger partial charge in [-0.25, -0.2) is 19.6 Å². The molecule has 0 bridgehead atoms. The van der Waals surface area contributed by atoms with Gasteiger partial charge in [-0.2, -0.15) is 0 Å². The van der Waals surface area contributed by atoms with E-state index in [0.717, 1.165) is 50.4 Å². The van der Waals surface area contributed by atoms with E-state index < -0.39 is 11.9 Å². The van der Waals surface area contributed by atoms with Crippen molar-refractivity contribution in [2.24, 2.45) is 0 Å². The van der Waals surface area contributed by atoms with Gasteiger partial charge >= 0.3 is 11.9 Å². The van der Waals surface area contributed by atoms with Gasteiger partial charge in [0.25, 0.3) is 0 Å². The Morgan fingerprint density at radius 1 is 0.741 bits per heavy atom. The number of anilines is 2. The zero-order valence-electron chi connectivity index (χ0n) is 30.1. The maximum Gasteiger partial charge on any atom is 0.341 e. The summed E-state index contributed by atoms with van der Waals surface area (Å²) >= 11 is 2.87. The lowest BCUT2D eigenvalue weighted by Gasteiger charge is -2.36. The number of rotatable bonds is 14. The van der Waals surface area contributed by atoms with E-state index in [9.17, 15) is 9.59 Å². The van der Waals surface area contributed by atoms with Gasteiger partial charge < -0.3 is 40.6 Å². The van der Waals surface area contributed by atoms with Crippen LogP contribution in [-0.2, 0) is 31.9 Å². The van der Waals surface area contributed by atoms with Crippen molar-refractivity contribution in [1.29, 1.82) is 0 Å². The molecule has 4 atom stereocenters. The number of nitrogen functional groups attached to an aromatic ring is 2. The van der Waals surface area contributed by atoms with Crippen molar-refractivity contribution in [2.75, 3.05) is 64.1 Å². The molecule has 2 aliphatic rings. The molecule has 18 heteroatoms. The number of hydrogen-bond donors (Lipinski definition) is 4. The van der Waals surface area contributed by atoms with Crippen molar-refractivity contribution < 1.29 is 38.7 Å². The summed E-state index contributed by atoms with van der Waals surface area (Å²) in [5.41, 5.74) is 15.6. The molecule has 4 unspecified atom stereocenters. The van der Waals surface area contributed by atoms with Crippen LogP contribution in [0.3, 0.4) is 0 Å². The van der Waals surface area contributed by atoms with E-state index in [0.29, 0.717) is 47.1 Å². The van der Waals surface area contributed by atoms with Crippen LogP contribution >= 0.6 is 47.5 Å². The lowest BCUT2D eigenvalue weighted by atomic mass is 10.0. The van der Waals surface area contributed by atoms with Gasteiger partial charge in [0.1, 0.15) is 23.7 Å². The highest BCUT2D eigenvalue weighted by atomic mass is 35.5. The first-order valence-corrected chi connectivity index (χ1v) is 18.8. The number of thiazole rings is 2. The lowest BCUT2D eigenvalue weighted by Crippen LogP contribution is -2.44. The van der Waals surface area contributed by atoms with Crippen LogP contribution in [0.5, 0.6) is 11.5 Å². The summed E-state index contributed by atoms with van der Waals surface area (Å²) < 4.78 is 22.0. The van der Waals surface area contributed by atoms with E-state index in [4.69, 9.17) is 40.6 Å². The summed E-state index contributed by atoms with van der Waals surface area (Å²) in [4.78, 5) is 34.6. The minimum Gasteiger partial charge on any atom is -0.482 e. The molecule has 2 aromatic heterocycles. The fourth-order valence-electron chi connectivity index (χ4n) is 6.07. The number of carbonyl (C=O) groups is 2. The number of ether oxygens (including phenoxy) is 4. The van der Waals surface area contributed by atoms with Gasteiger partial charge in [-0.05, 0) is 62.1 Å². The highest BCUT2D eigenvalue weighted by Gasteiger charge is 2.28. The number of morpholine rings is 2. The van der Waals surface area contributed by atoms with Gasteiger partial charge in [-0.3, -0.25) is 9.80 Å². The summed E-state index contributed by atoms with van der Waals surface area (Å²) in [5, 5.41) is 22.4. The molecule has 0 amide bonds. The van der Waals surface area contributed by atoms with Crippen LogP contribution in [0.2, 0.25) is 0 Å². The monoisotopic (exact) mass is 826 g/mol. The molecule has 0 spiro atoms. The van der Waals surface area contributed by atoms with Crippen molar-refractivity contribution in [3.05, 3.63) is 81.8 Å². The largest absolute Gasteiger partial charge is 0.482 e. The van der Waals surface area contributed by atoms with E-state index in [1.807, 2.05) is 59.3 Å². The highest BCUT2D eigenvalue weighted by Crippen LogP contribution is 2.28. The minimum absolute atomic E-state index is 0. The van der Waals surface area contributed by atoms with Gasteiger partial charge in [0.15, 0.2) is 23.5 Å². The standard InChI is InChI=1S/2C18H23N3O4S.2ClH/c2*1-12(8-13-2-4-14(5-3-13)25-10-17(22)23)21-6-7-24-16(9-21)15-11-26-18(19)20-15;;/h2*2-5,11-12,16H,6-10H2,1H3,(H2,19,20)(H,22,23);2*1H. The summed E-state index contributed by atoms with van der Waals surface area (Å²) in [5.74, 6) is -0.828. The zero-order chi connectivity index (χ0) is 37.0. The summed E-state index contributed by atoms with van der Waals surface area (Å²) in [6, 6.07) is 15.9. The van der Waals surface area contributed by atoms with Crippen LogP contribution in [0.1, 0.15) is 48.6 Å². The third-order valence-corrected chi connectivity index (χ3v) is 10.2. The molecule has 54 heavy (non-hydrogen) atoms. The van der Waals surface area contributed by atoms with Crippen LogP contribution in [0.25, 0.3) is 0 Å². The molecule has 14 nitrogen and oxygen atoms in total. The molecular formula is C36H48Cl2N6O8S2. The van der Waals surface area contributed by atoms with Crippen molar-refractivity contribution in [1.82, 2.24) is 19.8 Å². The zero-order valence-corrected chi connectivity index (χ0v) is 33.3. The molecular weight excluding hydrogens is 779 g/mol. The molecule has 2 saturated heterocycles.